The van der Waals surface area contributed by atoms with Crippen LogP contribution >= 0.6 is 15.9 Å². The highest BCUT2D eigenvalue weighted by atomic mass is 79.9. The number of imidazole rings is 1. The zero-order chi connectivity index (χ0) is 7.84. The lowest BCUT2D eigenvalue weighted by Crippen LogP contribution is -1.94. The summed E-state index contributed by atoms with van der Waals surface area (Å²) in [5.41, 5.74) is 0.646. The summed E-state index contributed by atoms with van der Waals surface area (Å²) in [7, 11) is 0. The van der Waals surface area contributed by atoms with Crippen molar-refractivity contribution in [2.45, 2.75) is 18.9 Å². The van der Waals surface area contributed by atoms with Gasteiger partial charge in [-0.1, -0.05) is 0 Å². The maximum absolute atomic E-state index is 8.72. The number of aromatic nitrogens is 2. The first-order chi connectivity index (χ1) is 5.33. The van der Waals surface area contributed by atoms with Crippen molar-refractivity contribution in [3.8, 4) is 6.07 Å². The average Bonchev–Trinajstić information content (AvgIpc) is 2.76. The molecular formula is C7H6BrN3. The SMILES string of the molecule is N#Cc1c(Br)ncn1C1CC1. The van der Waals surface area contributed by atoms with Crippen LogP contribution in [0.3, 0.4) is 0 Å². The predicted molar refractivity (Wildman–Crippen MR) is 42.9 cm³/mol. The second-order valence-corrected chi connectivity index (χ2v) is 3.39. The Bertz CT molecular complexity index is 319. The van der Waals surface area contributed by atoms with Crippen LogP contribution in [0.25, 0.3) is 0 Å². The van der Waals surface area contributed by atoms with Gasteiger partial charge in [0.1, 0.15) is 10.7 Å². The largest absolute Gasteiger partial charge is 0.318 e. The van der Waals surface area contributed by atoms with Gasteiger partial charge in [0.2, 0.25) is 0 Å². The van der Waals surface area contributed by atoms with Crippen LogP contribution in [0.15, 0.2) is 10.9 Å². The molecule has 0 unspecified atom stereocenters. The maximum Gasteiger partial charge on any atom is 0.154 e. The molecular weight excluding hydrogens is 206 g/mol. The molecule has 1 saturated carbocycles. The number of rotatable bonds is 1. The monoisotopic (exact) mass is 211 g/mol. The second-order valence-electron chi connectivity index (χ2n) is 2.63. The number of halogens is 1. The van der Waals surface area contributed by atoms with E-state index >= 15 is 0 Å². The van der Waals surface area contributed by atoms with Gasteiger partial charge in [-0.3, -0.25) is 0 Å². The topological polar surface area (TPSA) is 41.6 Å². The Labute approximate surface area is 72.8 Å². The lowest BCUT2D eigenvalue weighted by molar-refractivity contribution is 0.730. The fourth-order valence-corrected chi connectivity index (χ4v) is 1.46. The smallest absolute Gasteiger partial charge is 0.154 e. The van der Waals surface area contributed by atoms with E-state index in [1.807, 2.05) is 4.57 Å². The molecule has 1 heterocycles. The Morgan fingerprint density at radius 2 is 2.45 bits per heavy atom. The Kier molecular flexibility index (Phi) is 1.46. The molecule has 1 aromatic rings. The molecule has 0 radical (unpaired) electrons. The van der Waals surface area contributed by atoms with Crippen LogP contribution in [0.1, 0.15) is 24.6 Å². The molecule has 0 bridgehead atoms. The number of nitriles is 1. The van der Waals surface area contributed by atoms with E-state index < -0.39 is 0 Å². The van der Waals surface area contributed by atoms with E-state index in [2.05, 4.69) is 27.0 Å². The molecule has 1 fully saturated rings. The Balaban J connectivity index is 2.47. The van der Waals surface area contributed by atoms with E-state index in [9.17, 15) is 0 Å². The van der Waals surface area contributed by atoms with Crippen LogP contribution in [0.4, 0.5) is 0 Å². The maximum atomic E-state index is 8.72. The minimum Gasteiger partial charge on any atom is -0.318 e. The van der Waals surface area contributed by atoms with Crippen LogP contribution in [-0.2, 0) is 0 Å². The molecule has 0 spiro atoms. The summed E-state index contributed by atoms with van der Waals surface area (Å²) in [5, 5.41) is 8.72. The lowest BCUT2D eigenvalue weighted by Gasteiger charge is -1.97. The molecule has 2 rings (SSSR count). The molecule has 3 nitrogen and oxygen atoms in total. The molecule has 1 aliphatic rings. The van der Waals surface area contributed by atoms with Gasteiger partial charge in [0.05, 0.1) is 6.33 Å². The van der Waals surface area contributed by atoms with E-state index in [0.29, 0.717) is 16.3 Å². The minimum absolute atomic E-state index is 0.531. The number of nitrogens with zero attached hydrogens (tertiary/aromatic N) is 3. The number of hydrogen-bond acceptors (Lipinski definition) is 2. The molecule has 0 amide bonds. The average molecular weight is 212 g/mol. The minimum atomic E-state index is 0.531. The van der Waals surface area contributed by atoms with E-state index in [4.69, 9.17) is 5.26 Å². The highest BCUT2D eigenvalue weighted by Crippen LogP contribution is 2.36. The summed E-state index contributed by atoms with van der Waals surface area (Å²) in [6.07, 6.45) is 4.08. The highest BCUT2D eigenvalue weighted by Gasteiger charge is 2.26. The van der Waals surface area contributed by atoms with Crippen LogP contribution in [0.5, 0.6) is 0 Å². The molecule has 0 atom stereocenters. The van der Waals surface area contributed by atoms with E-state index in [0.717, 1.165) is 0 Å². The van der Waals surface area contributed by atoms with Crippen LogP contribution in [0.2, 0.25) is 0 Å². The van der Waals surface area contributed by atoms with Crippen LogP contribution in [0, 0.1) is 11.3 Å². The zero-order valence-electron chi connectivity index (χ0n) is 5.79. The number of hydrogen-bond donors (Lipinski definition) is 0. The summed E-state index contributed by atoms with van der Waals surface area (Å²) >= 11 is 3.22. The standard InChI is InChI=1S/C7H6BrN3/c8-7-6(3-9)11(4-10-7)5-1-2-5/h4-5H,1-2H2. The molecule has 4 heteroatoms. The Morgan fingerprint density at radius 3 is 3.00 bits per heavy atom. The first-order valence-electron chi connectivity index (χ1n) is 3.45. The summed E-state index contributed by atoms with van der Waals surface area (Å²) in [5.74, 6) is 0. The molecule has 0 saturated heterocycles. The van der Waals surface area contributed by atoms with Gasteiger partial charge in [-0.15, -0.1) is 0 Å². The fraction of sp³-hybridized carbons (Fsp3) is 0.429. The van der Waals surface area contributed by atoms with Gasteiger partial charge >= 0.3 is 0 Å². The third-order valence-corrected chi connectivity index (χ3v) is 2.38. The third-order valence-electron chi connectivity index (χ3n) is 1.80. The van der Waals surface area contributed by atoms with Gasteiger partial charge in [0, 0.05) is 6.04 Å². The first-order valence-corrected chi connectivity index (χ1v) is 4.24. The normalized spacial score (nSPS) is 16.4. The lowest BCUT2D eigenvalue weighted by atomic mass is 10.5. The molecule has 0 aromatic carbocycles. The van der Waals surface area contributed by atoms with Gasteiger partial charge in [-0.05, 0) is 28.8 Å². The summed E-state index contributed by atoms with van der Waals surface area (Å²) in [6, 6.07) is 2.65. The first kappa shape index (κ1) is 6.86. The third kappa shape index (κ3) is 1.05. The Hall–Kier alpha value is -0.820. The molecule has 0 N–H and O–H groups in total. The van der Waals surface area contributed by atoms with Crippen molar-refractivity contribution < 1.29 is 0 Å². The van der Waals surface area contributed by atoms with Crippen molar-refractivity contribution in [1.82, 2.24) is 9.55 Å². The van der Waals surface area contributed by atoms with Crippen LogP contribution < -0.4 is 0 Å². The molecule has 11 heavy (non-hydrogen) atoms. The fourth-order valence-electron chi connectivity index (χ4n) is 1.07. The summed E-state index contributed by atoms with van der Waals surface area (Å²) in [4.78, 5) is 4.01. The molecule has 1 aliphatic carbocycles. The molecule has 1 aromatic heterocycles. The van der Waals surface area contributed by atoms with E-state index in [1.54, 1.807) is 6.33 Å². The van der Waals surface area contributed by atoms with Gasteiger partial charge in [-0.2, -0.15) is 5.26 Å². The van der Waals surface area contributed by atoms with E-state index in [-0.39, 0.29) is 0 Å². The van der Waals surface area contributed by atoms with Crippen LogP contribution in [-0.4, -0.2) is 9.55 Å². The quantitative estimate of drug-likeness (QED) is 0.712. The van der Waals surface area contributed by atoms with Gasteiger partial charge < -0.3 is 4.57 Å². The van der Waals surface area contributed by atoms with E-state index in [1.165, 1.54) is 12.8 Å². The van der Waals surface area contributed by atoms with Crippen molar-refractivity contribution in [1.29, 1.82) is 5.26 Å². The van der Waals surface area contributed by atoms with Crippen molar-refractivity contribution in [3.63, 3.8) is 0 Å². The van der Waals surface area contributed by atoms with Crippen molar-refractivity contribution in [3.05, 3.63) is 16.6 Å². The van der Waals surface area contributed by atoms with Crippen molar-refractivity contribution >= 4 is 15.9 Å². The zero-order valence-corrected chi connectivity index (χ0v) is 7.37. The highest BCUT2D eigenvalue weighted by molar-refractivity contribution is 9.10. The van der Waals surface area contributed by atoms with Gasteiger partial charge in [-0.25, -0.2) is 4.98 Å². The van der Waals surface area contributed by atoms with Gasteiger partial charge in [0.25, 0.3) is 0 Å². The second kappa shape index (κ2) is 2.35. The van der Waals surface area contributed by atoms with Gasteiger partial charge in [0.15, 0.2) is 5.69 Å². The Morgan fingerprint density at radius 1 is 1.73 bits per heavy atom. The summed E-state index contributed by atoms with van der Waals surface area (Å²) < 4.78 is 2.59. The molecule has 0 aliphatic heterocycles. The summed E-state index contributed by atoms with van der Waals surface area (Å²) in [6.45, 7) is 0. The van der Waals surface area contributed by atoms with Crippen molar-refractivity contribution in [2.75, 3.05) is 0 Å². The van der Waals surface area contributed by atoms with Crippen molar-refractivity contribution in [2.24, 2.45) is 0 Å². The molecule has 56 valence electrons. The predicted octanol–water partition coefficient (Wildman–Crippen LogP) is 1.85.